The average molecular weight is 343 g/mol. The van der Waals surface area contributed by atoms with Gasteiger partial charge in [0, 0.05) is 38.9 Å². The topological polar surface area (TPSA) is 72.9 Å². The van der Waals surface area contributed by atoms with Gasteiger partial charge in [-0.15, -0.1) is 0 Å². The number of carbonyl (C=O) groups excluding carboxylic acids is 3. The number of fused-ring (bicyclic) bond motifs is 1. The van der Waals surface area contributed by atoms with Gasteiger partial charge >= 0.3 is 5.97 Å². The fourth-order valence-corrected chi connectivity index (χ4v) is 3.36. The average Bonchev–Trinajstić information content (AvgIpc) is 2.60. The molecule has 0 aliphatic carbocycles. The zero-order valence-electron chi connectivity index (χ0n) is 14.4. The minimum Gasteiger partial charge on any atom is -0.486 e. The molecule has 2 heterocycles. The summed E-state index contributed by atoms with van der Waals surface area (Å²) in [6, 6.07) is 5.30. The SMILES string of the molecule is COC(=O)/C=C/c1ccc2c(c1)C(=O)CC1(CCN(C(C)=O)CC1)O2. The Morgan fingerprint density at radius 3 is 2.64 bits per heavy atom. The summed E-state index contributed by atoms with van der Waals surface area (Å²) in [7, 11) is 1.31. The van der Waals surface area contributed by atoms with Crippen molar-refractivity contribution in [1.82, 2.24) is 4.90 Å². The first-order valence-electron chi connectivity index (χ1n) is 8.30. The number of benzene rings is 1. The number of piperidine rings is 1. The molecule has 2 aliphatic rings. The number of methoxy groups -OCH3 is 1. The van der Waals surface area contributed by atoms with Gasteiger partial charge in [0.15, 0.2) is 5.78 Å². The fourth-order valence-electron chi connectivity index (χ4n) is 3.36. The third-order valence-corrected chi connectivity index (χ3v) is 4.85. The summed E-state index contributed by atoms with van der Waals surface area (Å²) in [5.41, 5.74) is 0.759. The van der Waals surface area contributed by atoms with Crippen LogP contribution >= 0.6 is 0 Å². The second-order valence-corrected chi connectivity index (χ2v) is 6.50. The van der Waals surface area contributed by atoms with Gasteiger partial charge in [-0.2, -0.15) is 0 Å². The van der Waals surface area contributed by atoms with E-state index in [0.717, 1.165) is 5.56 Å². The van der Waals surface area contributed by atoms with Gasteiger partial charge < -0.3 is 14.4 Å². The van der Waals surface area contributed by atoms with Crippen LogP contribution in [0.15, 0.2) is 24.3 Å². The maximum absolute atomic E-state index is 12.6. The van der Waals surface area contributed by atoms with Crippen molar-refractivity contribution in [1.29, 1.82) is 0 Å². The van der Waals surface area contributed by atoms with E-state index >= 15 is 0 Å². The lowest BCUT2D eigenvalue weighted by Gasteiger charge is -2.43. The number of ketones is 1. The van der Waals surface area contributed by atoms with Gasteiger partial charge in [0.05, 0.1) is 19.1 Å². The lowest BCUT2D eigenvalue weighted by atomic mass is 9.82. The van der Waals surface area contributed by atoms with E-state index in [9.17, 15) is 14.4 Å². The van der Waals surface area contributed by atoms with E-state index in [1.165, 1.54) is 13.2 Å². The van der Waals surface area contributed by atoms with E-state index in [1.54, 1.807) is 36.1 Å². The monoisotopic (exact) mass is 343 g/mol. The maximum Gasteiger partial charge on any atom is 0.330 e. The van der Waals surface area contributed by atoms with Crippen LogP contribution < -0.4 is 4.74 Å². The predicted molar refractivity (Wildman–Crippen MR) is 91.3 cm³/mol. The largest absolute Gasteiger partial charge is 0.486 e. The molecule has 0 saturated carbocycles. The number of carbonyl (C=O) groups is 3. The van der Waals surface area contributed by atoms with E-state index in [-0.39, 0.29) is 11.7 Å². The van der Waals surface area contributed by atoms with Crippen LogP contribution in [0.3, 0.4) is 0 Å². The molecule has 1 saturated heterocycles. The van der Waals surface area contributed by atoms with Crippen LogP contribution in [0, 0.1) is 0 Å². The van der Waals surface area contributed by atoms with E-state index in [4.69, 9.17) is 4.74 Å². The van der Waals surface area contributed by atoms with Gasteiger partial charge in [-0.3, -0.25) is 9.59 Å². The summed E-state index contributed by atoms with van der Waals surface area (Å²) in [5, 5.41) is 0. The molecule has 6 heteroatoms. The maximum atomic E-state index is 12.6. The molecule has 0 radical (unpaired) electrons. The molecule has 0 unspecified atom stereocenters. The Balaban J connectivity index is 1.78. The van der Waals surface area contributed by atoms with Crippen LogP contribution in [0.5, 0.6) is 5.75 Å². The lowest BCUT2D eigenvalue weighted by molar-refractivity contribution is -0.135. The number of hydrogen-bond donors (Lipinski definition) is 0. The second kappa shape index (κ2) is 6.70. The molecule has 0 N–H and O–H groups in total. The van der Waals surface area contributed by atoms with Crippen molar-refractivity contribution < 1.29 is 23.9 Å². The molecule has 25 heavy (non-hydrogen) atoms. The van der Waals surface area contributed by atoms with Crippen molar-refractivity contribution in [3.63, 3.8) is 0 Å². The second-order valence-electron chi connectivity index (χ2n) is 6.50. The van der Waals surface area contributed by atoms with E-state index in [1.807, 2.05) is 0 Å². The smallest absolute Gasteiger partial charge is 0.330 e. The Labute approximate surface area is 146 Å². The van der Waals surface area contributed by atoms with Crippen LogP contribution in [0.2, 0.25) is 0 Å². The van der Waals surface area contributed by atoms with Crippen molar-refractivity contribution >= 4 is 23.7 Å². The lowest BCUT2D eigenvalue weighted by Crippen LogP contribution is -2.51. The van der Waals surface area contributed by atoms with Gasteiger partial charge in [0.2, 0.25) is 5.91 Å². The summed E-state index contributed by atoms with van der Waals surface area (Å²) in [6.07, 6.45) is 4.55. The molecule has 6 nitrogen and oxygen atoms in total. The summed E-state index contributed by atoms with van der Waals surface area (Å²) >= 11 is 0. The molecule has 0 aromatic heterocycles. The zero-order valence-corrected chi connectivity index (χ0v) is 14.4. The summed E-state index contributed by atoms with van der Waals surface area (Å²) in [4.78, 5) is 37.1. The number of esters is 1. The van der Waals surface area contributed by atoms with Crippen molar-refractivity contribution in [2.45, 2.75) is 31.8 Å². The Hall–Kier alpha value is -2.63. The predicted octanol–water partition coefficient (Wildman–Crippen LogP) is 2.22. The molecule has 2 aliphatic heterocycles. The highest BCUT2D eigenvalue weighted by Gasteiger charge is 2.43. The molecule has 132 valence electrons. The highest BCUT2D eigenvalue weighted by molar-refractivity contribution is 6.01. The summed E-state index contributed by atoms with van der Waals surface area (Å²) in [6.45, 7) is 2.78. The first-order valence-corrected chi connectivity index (χ1v) is 8.30. The normalized spacial score (nSPS) is 18.8. The van der Waals surface area contributed by atoms with Crippen molar-refractivity contribution in [3.8, 4) is 5.75 Å². The van der Waals surface area contributed by atoms with Gasteiger partial charge in [-0.1, -0.05) is 6.07 Å². The Bertz CT molecular complexity index is 744. The number of likely N-dealkylation sites (tertiary alicyclic amines) is 1. The van der Waals surface area contributed by atoms with Crippen molar-refractivity contribution in [2.24, 2.45) is 0 Å². The molecule has 0 atom stereocenters. The van der Waals surface area contributed by atoms with E-state index in [2.05, 4.69) is 4.74 Å². The van der Waals surface area contributed by atoms with Crippen LogP contribution in [0.1, 0.15) is 42.1 Å². The van der Waals surface area contributed by atoms with Crippen LogP contribution in [-0.2, 0) is 14.3 Å². The van der Waals surface area contributed by atoms with Gasteiger partial charge in [-0.05, 0) is 23.8 Å². The molecule has 1 aromatic carbocycles. The van der Waals surface area contributed by atoms with Crippen molar-refractivity contribution in [3.05, 3.63) is 35.4 Å². The molecular formula is C19H21NO5. The van der Waals surface area contributed by atoms with Crippen LogP contribution in [-0.4, -0.2) is 48.4 Å². The van der Waals surface area contributed by atoms with Gasteiger partial charge in [0.25, 0.3) is 0 Å². The molecule has 1 fully saturated rings. The quantitative estimate of drug-likeness (QED) is 0.608. The molecule has 1 aromatic rings. The standard InChI is InChI=1S/C19H21NO5/c1-13(21)20-9-7-19(8-10-20)12-16(22)15-11-14(3-5-17(15)25-19)4-6-18(23)24-2/h3-6,11H,7-10,12H2,1-2H3/b6-4+. The Kier molecular flexibility index (Phi) is 4.61. The van der Waals surface area contributed by atoms with E-state index < -0.39 is 11.6 Å². The highest BCUT2D eigenvalue weighted by atomic mass is 16.5. The minimum atomic E-state index is -0.514. The van der Waals surface area contributed by atoms with E-state index in [0.29, 0.717) is 43.7 Å². The molecule has 0 bridgehead atoms. The first kappa shape index (κ1) is 17.2. The fraction of sp³-hybridized carbons (Fsp3) is 0.421. The minimum absolute atomic E-state index is 0.0332. The molecule has 1 amide bonds. The number of Topliss-reactive ketones (excluding diaryl/α,β-unsaturated/α-hetero) is 1. The molecular weight excluding hydrogens is 322 g/mol. The summed E-state index contributed by atoms with van der Waals surface area (Å²) < 4.78 is 10.7. The highest BCUT2D eigenvalue weighted by Crippen LogP contribution is 2.39. The van der Waals surface area contributed by atoms with Crippen LogP contribution in [0.4, 0.5) is 0 Å². The number of ether oxygens (including phenoxy) is 2. The van der Waals surface area contributed by atoms with Gasteiger partial charge in [0.1, 0.15) is 11.4 Å². The van der Waals surface area contributed by atoms with Gasteiger partial charge in [-0.25, -0.2) is 4.79 Å². The zero-order chi connectivity index (χ0) is 18.0. The number of amides is 1. The first-order chi connectivity index (χ1) is 11.9. The van der Waals surface area contributed by atoms with Crippen LogP contribution in [0.25, 0.3) is 6.08 Å². The Morgan fingerprint density at radius 1 is 1.28 bits per heavy atom. The third kappa shape index (κ3) is 3.57. The summed E-state index contributed by atoms with van der Waals surface area (Å²) in [5.74, 6) is 0.212. The third-order valence-electron chi connectivity index (χ3n) is 4.85. The molecule has 1 spiro atoms. The van der Waals surface area contributed by atoms with Crippen molar-refractivity contribution in [2.75, 3.05) is 20.2 Å². The molecule has 3 rings (SSSR count). The number of hydrogen-bond acceptors (Lipinski definition) is 5. The number of nitrogens with zero attached hydrogens (tertiary/aromatic N) is 1. The number of rotatable bonds is 2. The Morgan fingerprint density at radius 2 is 2.00 bits per heavy atom.